The van der Waals surface area contributed by atoms with E-state index in [0.29, 0.717) is 25.2 Å². The Morgan fingerprint density at radius 3 is 2.75 bits per heavy atom. The van der Waals surface area contributed by atoms with E-state index in [1.54, 1.807) is 11.1 Å². The third-order valence-corrected chi connectivity index (χ3v) is 2.46. The summed E-state index contributed by atoms with van der Waals surface area (Å²) in [5.74, 6) is 0.0310. The number of nitrogens with zero attached hydrogens (tertiary/aromatic N) is 2. The zero-order valence-electron chi connectivity index (χ0n) is 9.94. The van der Waals surface area contributed by atoms with Crippen LogP contribution in [0.5, 0.6) is 0 Å². The van der Waals surface area contributed by atoms with Crippen LogP contribution in [-0.2, 0) is 0 Å². The SMILES string of the molecule is CCN(CCCN)C(=O)c1ccc(C)nc1. The first-order chi connectivity index (χ1) is 7.69. The first kappa shape index (κ1) is 12.6. The van der Waals surface area contributed by atoms with Crippen molar-refractivity contribution in [3.05, 3.63) is 29.6 Å². The first-order valence-corrected chi connectivity index (χ1v) is 5.61. The number of nitrogens with two attached hydrogens (primary N) is 1. The predicted octanol–water partition coefficient (Wildman–Crippen LogP) is 1.20. The van der Waals surface area contributed by atoms with Gasteiger partial charge in [0.15, 0.2) is 0 Å². The lowest BCUT2D eigenvalue weighted by Crippen LogP contribution is -2.32. The minimum absolute atomic E-state index is 0.0310. The predicted molar refractivity (Wildman–Crippen MR) is 64.2 cm³/mol. The van der Waals surface area contributed by atoms with Gasteiger partial charge in [0, 0.05) is 25.0 Å². The van der Waals surface area contributed by atoms with Crippen molar-refractivity contribution < 1.29 is 4.79 Å². The molecule has 1 aromatic heterocycles. The smallest absolute Gasteiger partial charge is 0.255 e. The van der Waals surface area contributed by atoms with E-state index in [4.69, 9.17) is 5.73 Å². The molecule has 0 spiro atoms. The minimum Gasteiger partial charge on any atom is -0.339 e. The van der Waals surface area contributed by atoms with Crippen molar-refractivity contribution in [2.45, 2.75) is 20.3 Å². The van der Waals surface area contributed by atoms with Crippen LogP contribution in [0.3, 0.4) is 0 Å². The monoisotopic (exact) mass is 221 g/mol. The summed E-state index contributed by atoms with van der Waals surface area (Å²) in [6.07, 6.45) is 2.46. The van der Waals surface area contributed by atoms with Crippen molar-refractivity contribution in [3.63, 3.8) is 0 Å². The van der Waals surface area contributed by atoms with Gasteiger partial charge in [0.25, 0.3) is 5.91 Å². The second kappa shape index (κ2) is 6.23. The van der Waals surface area contributed by atoms with Gasteiger partial charge in [0.1, 0.15) is 0 Å². The lowest BCUT2D eigenvalue weighted by molar-refractivity contribution is 0.0763. The normalized spacial score (nSPS) is 10.2. The van der Waals surface area contributed by atoms with E-state index in [9.17, 15) is 4.79 Å². The van der Waals surface area contributed by atoms with E-state index in [2.05, 4.69) is 4.98 Å². The number of carbonyl (C=O) groups is 1. The number of amides is 1. The maximum absolute atomic E-state index is 12.0. The molecule has 0 unspecified atom stereocenters. The molecule has 88 valence electrons. The molecule has 2 N–H and O–H groups in total. The second-order valence-corrected chi connectivity index (χ2v) is 3.72. The molecule has 0 aromatic carbocycles. The van der Waals surface area contributed by atoms with E-state index >= 15 is 0 Å². The largest absolute Gasteiger partial charge is 0.339 e. The molecule has 16 heavy (non-hydrogen) atoms. The molecule has 1 heterocycles. The van der Waals surface area contributed by atoms with Gasteiger partial charge in [-0.2, -0.15) is 0 Å². The van der Waals surface area contributed by atoms with E-state index in [-0.39, 0.29) is 5.91 Å². The Bertz CT molecular complexity index is 335. The summed E-state index contributed by atoms with van der Waals surface area (Å²) in [5.41, 5.74) is 7.00. The lowest BCUT2D eigenvalue weighted by Gasteiger charge is -2.20. The van der Waals surface area contributed by atoms with Gasteiger partial charge in [-0.3, -0.25) is 9.78 Å². The molecule has 0 aliphatic rings. The molecular weight excluding hydrogens is 202 g/mol. The zero-order valence-corrected chi connectivity index (χ0v) is 9.94. The number of aromatic nitrogens is 1. The highest BCUT2D eigenvalue weighted by Gasteiger charge is 2.13. The van der Waals surface area contributed by atoms with E-state index in [0.717, 1.165) is 12.1 Å². The molecule has 0 bridgehead atoms. The molecule has 0 atom stereocenters. The van der Waals surface area contributed by atoms with Gasteiger partial charge in [-0.05, 0) is 38.9 Å². The summed E-state index contributed by atoms with van der Waals surface area (Å²) < 4.78 is 0. The third kappa shape index (κ3) is 3.31. The van der Waals surface area contributed by atoms with Gasteiger partial charge in [-0.15, -0.1) is 0 Å². The average molecular weight is 221 g/mol. The number of rotatable bonds is 5. The van der Waals surface area contributed by atoms with Crippen LogP contribution >= 0.6 is 0 Å². The molecule has 0 fully saturated rings. The second-order valence-electron chi connectivity index (χ2n) is 3.72. The highest BCUT2D eigenvalue weighted by atomic mass is 16.2. The van der Waals surface area contributed by atoms with Crippen LogP contribution < -0.4 is 5.73 Å². The molecule has 1 rings (SSSR count). The van der Waals surface area contributed by atoms with Gasteiger partial charge >= 0.3 is 0 Å². The van der Waals surface area contributed by atoms with Crippen LogP contribution in [0, 0.1) is 6.92 Å². The van der Waals surface area contributed by atoms with E-state index < -0.39 is 0 Å². The summed E-state index contributed by atoms with van der Waals surface area (Å²) in [7, 11) is 0. The molecule has 4 nitrogen and oxygen atoms in total. The molecule has 1 amide bonds. The lowest BCUT2D eigenvalue weighted by atomic mass is 10.2. The van der Waals surface area contributed by atoms with Crippen LogP contribution in [0.2, 0.25) is 0 Å². The van der Waals surface area contributed by atoms with Gasteiger partial charge in [-0.1, -0.05) is 0 Å². The molecule has 0 radical (unpaired) electrons. The van der Waals surface area contributed by atoms with Crippen LogP contribution in [0.4, 0.5) is 0 Å². The van der Waals surface area contributed by atoms with Gasteiger partial charge < -0.3 is 10.6 Å². The molecule has 0 saturated heterocycles. The summed E-state index contributed by atoms with van der Waals surface area (Å²) in [6.45, 7) is 5.89. The van der Waals surface area contributed by atoms with Gasteiger partial charge in [0.2, 0.25) is 0 Å². The highest BCUT2D eigenvalue weighted by molar-refractivity contribution is 5.93. The number of aryl methyl sites for hydroxylation is 1. The topological polar surface area (TPSA) is 59.2 Å². The third-order valence-electron chi connectivity index (χ3n) is 2.46. The van der Waals surface area contributed by atoms with Crippen molar-refractivity contribution >= 4 is 5.91 Å². The van der Waals surface area contributed by atoms with Crippen molar-refractivity contribution in [1.29, 1.82) is 0 Å². The Morgan fingerprint density at radius 2 is 2.25 bits per heavy atom. The summed E-state index contributed by atoms with van der Waals surface area (Å²) in [5, 5.41) is 0. The standard InChI is InChI=1S/C12H19N3O/c1-3-15(8-4-7-13)12(16)11-6-5-10(2)14-9-11/h5-6,9H,3-4,7-8,13H2,1-2H3. The molecule has 0 aliphatic carbocycles. The van der Waals surface area contributed by atoms with Crippen molar-refractivity contribution in [2.24, 2.45) is 5.73 Å². The van der Waals surface area contributed by atoms with Gasteiger partial charge in [0.05, 0.1) is 5.56 Å². The van der Waals surface area contributed by atoms with Gasteiger partial charge in [-0.25, -0.2) is 0 Å². The summed E-state index contributed by atoms with van der Waals surface area (Å²) in [4.78, 5) is 18.0. The Balaban J connectivity index is 2.70. The average Bonchev–Trinajstić information content (AvgIpc) is 2.30. The fourth-order valence-electron chi connectivity index (χ4n) is 1.46. The maximum atomic E-state index is 12.0. The van der Waals surface area contributed by atoms with Crippen LogP contribution in [-0.4, -0.2) is 35.4 Å². The van der Waals surface area contributed by atoms with Crippen molar-refractivity contribution in [3.8, 4) is 0 Å². The fourth-order valence-corrected chi connectivity index (χ4v) is 1.46. The zero-order chi connectivity index (χ0) is 12.0. The number of carbonyl (C=O) groups excluding carboxylic acids is 1. The summed E-state index contributed by atoms with van der Waals surface area (Å²) in [6, 6.07) is 3.67. The van der Waals surface area contributed by atoms with Crippen LogP contribution in [0.1, 0.15) is 29.4 Å². The number of hydrogen-bond acceptors (Lipinski definition) is 3. The minimum atomic E-state index is 0.0310. The molecule has 1 aromatic rings. The van der Waals surface area contributed by atoms with Crippen molar-refractivity contribution in [2.75, 3.05) is 19.6 Å². The molecule has 0 aliphatic heterocycles. The van der Waals surface area contributed by atoms with Crippen LogP contribution in [0.25, 0.3) is 0 Å². The molecule has 4 heteroatoms. The Kier molecular flexibility index (Phi) is 4.92. The van der Waals surface area contributed by atoms with Crippen LogP contribution in [0.15, 0.2) is 18.3 Å². The van der Waals surface area contributed by atoms with E-state index in [1.807, 2.05) is 26.0 Å². The Labute approximate surface area is 96.5 Å². The first-order valence-electron chi connectivity index (χ1n) is 5.61. The number of hydrogen-bond donors (Lipinski definition) is 1. The van der Waals surface area contributed by atoms with Crippen molar-refractivity contribution in [1.82, 2.24) is 9.88 Å². The Morgan fingerprint density at radius 1 is 1.50 bits per heavy atom. The quantitative estimate of drug-likeness (QED) is 0.812. The maximum Gasteiger partial charge on any atom is 0.255 e. The molecule has 0 saturated carbocycles. The molecular formula is C12H19N3O. The fraction of sp³-hybridized carbons (Fsp3) is 0.500. The van der Waals surface area contributed by atoms with E-state index in [1.165, 1.54) is 0 Å². The summed E-state index contributed by atoms with van der Waals surface area (Å²) >= 11 is 0. The highest BCUT2D eigenvalue weighted by Crippen LogP contribution is 2.05. The Hall–Kier alpha value is -1.42. The number of pyridine rings is 1.